The van der Waals surface area contributed by atoms with Crippen LogP contribution in [0.15, 0.2) is 71.3 Å². The minimum absolute atomic E-state index is 0.142. The molecule has 0 saturated carbocycles. The number of halogens is 2. The van der Waals surface area contributed by atoms with Crippen molar-refractivity contribution >= 4 is 29.4 Å². The van der Waals surface area contributed by atoms with E-state index >= 15 is 0 Å². The zero-order valence-corrected chi connectivity index (χ0v) is 21.7. The van der Waals surface area contributed by atoms with E-state index in [4.69, 9.17) is 25.6 Å². The zero-order chi connectivity index (χ0) is 27.1. The SMILES string of the molecule is CCOC(=O)Cc1cc(-c2cccc(-c3onc(C)c3NC(=O)OCCc3ccccc3Cl)c2)ccc1F. The molecule has 0 radical (unpaired) electrons. The molecule has 196 valence electrons. The van der Waals surface area contributed by atoms with E-state index in [1.807, 2.05) is 36.4 Å². The van der Waals surface area contributed by atoms with Gasteiger partial charge in [-0.1, -0.05) is 59.2 Å². The summed E-state index contributed by atoms with van der Waals surface area (Å²) in [5, 5.41) is 7.33. The lowest BCUT2D eigenvalue weighted by Gasteiger charge is -2.10. The van der Waals surface area contributed by atoms with Crippen molar-refractivity contribution < 1.29 is 28.0 Å². The van der Waals surface area contributed by atoms with Crippen LogP contribution in [0, 0.1) is 12.7 Å². The fourth-order valence-corrected chi connectivity index (χ4v) is 4.13. The van der Waals surface area contributed by atoms with Gasteiger partial charge in [0.05, 0.1) is 19.6 Å². The van der Waals surface area contributed by atoms with Gasteiger partial charge >= 0.3 is 12.1 Å². The van der Waals surface area contributed by atoms with Crippen molar-refractivity contribution in [2.24, 2.45) is 0 Å². The summed E-state index contributed by atoms with van der Waals surface area (Å²) >= 11 is 6.16. The molecule has 9 heteroatoms. The first kappa shape index (κ1) is 26.9. The molecule has 3 aromatic carbocycles. The normalized spacial score (nSPS) is 10.7. The highest BCUT2D eigenvalue weighted by molar-refractivity contribution is 6.31. The molecule has 0 spiro atoms. The minimum Gasteiger partial charge on any atom is -0.466 e. The van der Waals surface area contributed by atoms with E-state index < -0.39 is 17.9 Å². The summed E-state index contributed by atoms with van der Waals surface area (Å²) in [5.41, 5.74) is 4.09. The van der Waals surface area contributed by atoms with Crippen molar-refractivity contribution in [2.75, 3.05) is 18.5 Å². The third-order valence-corrected chi connectivity index (χ3v) is 6.16. The Bertz CT molecular complexity index is 1450. The molecule has 38 heavy (non-hydrogen) atoms. The lowest BCUT2D eigenvalue weighted by molar-refractivity contribution is -0.142. The molecule has 0 aliphatic heterocycles. The summed E-state index contributed by atoms with van der Waals surface area (Å²) in [5.74, 6) is -0.631. The van der Waals surface area contributed by atoms with Crippen LogP contribution in [0.5, 0.6) is 0 Å². The molecule has 4 rings (SSSR count). The Hall–Kier alpha value is -4.17. The number of carbonyl (C=O) groups is 2. The predicted molar refractivity (Wildman–Crippen MR) is 143 cm³/mol. The molecule has 0 unspecified atom stereocenters. The van der Waals surface area contributed by atoms with E-state index in [0.717, 1.165) is 11.1 Å². The molecule has 1 N–H and O–H groups in total. The largest absolute Gasteiger partial charge is 0.466 e. The highest BCUT2D eigenvalue weighted by Crippen LogP contribution is 2.34. The van der Waals surface area contributed by atoms with Gasteiger partial charge in [-0.2, -0.15) is 0 Å². The molecular formula is C29H26ClFN2O5. The number of nitrogens with zero attached hydrogens (tertiary/aromatic N) is 1. The third-order valence-electron chi connectivity index (χ3n) is 5.80. The molecule has 7 nitrogen and oxygen atoms in total. The number of rotatable bonds is 9. The van der Waals surface area contributed by atoms with Gasteiger partial charge < -0.3 is 14.0 Å². The Morgan fingerprint density at radius 1 is 0.974 bits per heavy atom. The van der Waals surface area contributed by atoms with Gasteiger partial charge in [-0.15, -0.1) is 0 Å². The quantitative estimate of drug-likeness (QED) is 0.231. The van der Waals surface area contributed by atoms with Crippen molar-refractivity contribution in [1.29, 1.82) is 0 Å². The third kappa shape index (κ3) is 6.58. The molecule has 1 amide bonds. The second-order valence-corrected chi connectivity index (χ2v) is 8.85. The van der Waals surface area contributed by atoms with Gasteiger partial charge in [0.25, 0.3) is 0 Å². The van der Waals surface area contributed by atoms with Gasteiger partial charge in [0.15, 0.2) is 5.76 Å². The van der Waals surface area contributed by atoms with Crippen LogP contribution < -0.4 is 5.32 Å². The average molecular weight is 537 g/mol. The van der Waals surface area contributed by atoms with E-state index in [1.165, 1.54) is 6.07 Å². The van der Waals surface area contributed by atoms with E-state index in [2.05, 4.69) is 10.5 Å². The number of amides is 1. The molecule has 0 atom stereocenters. The van der Waals surface area contributed by atoms with Gasteiger partial charge in [0, 0.05) is 17.0 Å². The molecule has 0 saturated heterocycles. The van der Waals surface area contributed by atoms with Crippen molar-refractivity contribution in [3.8, 4) is 22.5 Å². The van der Waals surface area contributed by atoms with Crippen molar-refractivity contribution in [3.63, 3.8) is 0 Å². The van der Waals surface area contributed by atoms with Crippen LogP contribution in [-0.2, 0) is 27.1 Å². The van der Waals surface area contributed by atoms with Crippen LogP contribution in [0.25, 0.3) is 22.5 Å². The monoisotopic (exact) mass is 536 g/mol. The van der Waals surface area contributed by atoms with Gasteiger partial charge in [-0.05, 0) is 60.4 Å². The zero-order valence-electron chi connectivity index (χ0n) is 20.9. The number of aromatic nitrogens is 1. The predicted octanol–water partition coefficient (Wildman–Crippen LogP) is 7.01. The first-order valence-corrected chi connectivity index (χ1v) is 12.4. The molecule has 0 aliphatic carbocycles. The smallest absolute Gasteiger partial charge is 0.411 e. The molecule has 1 aromatic heterocycles. The Morgan fingerprint density at radius 2 is 1.74 bits per heavy atom. The van der Waals surface area contributed by atoms with Crippen LogP contribution in [0.2, 0.25) is 5.02 Å². The molecule has 0 fully saturated rings. The number of hydrogen-bond acceptors (Lipinski definition) is 6. The lowest BCUT2D eigenvalue weighted by atomic mass is 9.98. The minimum atomic E-state index is -0.650. The van der Waals surface area contributed by atoms with Crippen LogP contribution in [0.1, 0.15) is 23.7 Å². The Kier molecular flexibility index (Phi) is 8.76. The summed E-state index contributed by atoms with van der Waals surface area (Å²) in [4.78, 5) is 24.4. The summed E-state index contributed by atoms with van der Waals surface area (Å²) in [7, 11) is 0. The van der Waals surface area contributed by atoms with Crippen LogP contribution >= 0.6 is 11.6 Å². The topological polar surface area (TPSA) is 90.7 Å². The summed E-state index contributed by atoms with van der Waals surface area (Å²) in [6.45, 7) is 3.77. The number of esters is 1. The van der Waals surface area contributed by atoms with Crippen molar-refractivity contribution in [3.05, 3.63) is 94.4 Å². The van der Waals surface area contributed by atoms with E-state index in [-0.39, 0.29) is 25.2 Å². The van der Waals surface area contributed by atoms with Crippen LogP contribution in [-0.4, -0.2) is 30.4 Å². The average Bonchev–Trinajstić information content (AvgIpc) is 3.26. The van der Waals surface area contributed by atoms with Gasteiger partial charge in [0.1, 0.15) is 17.2 Å². The molecular weight excluding hydrogens is 511 g/mol. The Balaban J connectivity index is 1.50. The number of carbonyl (C=O) groups excluding carboxylic acids is 2. The van der Waals surface area contributed by atoms with Gasteiger partial charge in [-0.25, -0.2) is 9.18 Å². The first-order valence-electron chi connectivity index (χ1n) is 12.0. The maximum Gasteiger partial charge on any atom is 0.411 e. The Labute approximate surface area is 224 Å². The molecule has 1 heterocycles. The van der Waals surface area contributed by atoms with Crippen molar-refractivity contribution in [1.82, 2.24) is 5.16 Å². The number of hydrogen-bond donors (Lipinski definition) is 1. The summed E-state index contributed by atoms with van der Waals surface area (Å²) < 4.78 is 30.1. The second-order valence-electron chi connectivity index (χ2n) is 8.44. The summed E-state index contributed by atoms with van der Waals surface area (Å²) in [6.07, 6.45) is -0.343. The second kappa shape index (κ2) is 12.4. The number of aryl methyl sites for hydroxylation is 1. The molecule has 0 bridgehead atoms. The van der Waals surface area contributed by atoms with Crippen LogP contribution in [0.3, 0.4) is 0 Å². The standard InChI is InChI=1S/C29H26ClFN2O5/c1-3-36-26(34)17-23-16-21(11-12-25(23)31)20-8-6-9-22(15-20)28-27(18(2)33-38-28)32-29(35)37-14-13-19-7-4-5-10-24(19)30/h4-12,15-16H,3,13-14,17H2,1-2H3,(H,32,35). The van der Waals surface area contributed by atoms with Gasteiger partial charge in [0.2, 0.25) is 0 Å². The van der Waals surface area contributed by atoms with E-state index in [0.29, 0.717) is 39.7 Å². The highest BCUT2D eigenvalue weighted by atomic mass is 35.5. The fraction of sp³-hybridized carbons (Fsp3) is 0.207. The van der Waals surface area contributed by atoms with Gasteiger partial charge in [-0.3, -0.25) is 10.1 Å². The maximum atomic E-state index is 14.3. The fourth-order valence-electron chi connectivity index (χ4n) is 3.90. The number of ether oxygens (including phenoxy) is 2. The summed E-state index contributed by atoms with van der Waals surface area (Å²) in [6, 6.07) is 19.2. The highest BCUT2D eigenvalue weighted by Gasteiger charge is 2.19. The molecule has 4 aromatic rings. The lowest BCUT2D eigenvalue weighted by Crippen LogP contribution is -2.16. The Morgan fingerprint density at radius 3 is 2.53 bits per heavy atom. The van der Waals surface area contributed by atoms with Crippen LogP contribution in [0.4, 0.5) is 14.9 Å². The number of anilines is 1. The molecule has 0 aliphatic rings. The van der Waals surface area contributed by atoms with E-state index in [9.17, 15) is 14.0 Å². The number of benzene rings is 3. The first-order chi connectivity index (χ1) is 18.4. The van der Waals surface area contributed by atoms with E-state index in [1.54, 1.807) is 38.1 Å². The van der Waals surface area contributed by atoms with Crippen molar-refractivity contribution in [2.45, 2.75) is 26.7 Å². The number of nitrogens with one attached hydrogen (secondary N) is 1. The maximum absolute atomic E-state index is 14.3.